The van der Waals surface area contributed by atoms with E-state index in [1.54, 1.807) is 29.7 Å². The van der Waals surface area contributed by atoms with Crippen molar-refractivity contribution in [3.63, 3.8) is 0 Å². The van der Waals surface area contributed by atoms with Crippen LogP contribution in [0.1, 0.15) is 28.3 Å². The lowest BCUT2D eigenvalue weighted by atomic mass is 9.83. The van der Waals surface area contributed by atoms with Crippen molar-refractivity contribution in [2.24, 2.45) is 5.73 Å². The maximum absolute atomic E-state index is 13.7. The van der Waals surface area contributed by atoms with Gasteiger partial charge in [0.2, 0.25) is 5.88 Å². The third kappa shape index (κ3) is 4.26. The summed E-state index contributed by atoms with van der Waals surface area (Å²) in [4.78, 5) is 26.4. The number of aryl methyl sites for hydroxylation is 2. The summed E-state index contributed by atoms with van der Waals surface area (Å²) in [5, 5.41) is 20.1. The minimum Gasteiger partial charge on any atom is -0.733 e. The number of esters is 1. The van der Waals surface area contributed by atoms with Crippen molar-refractivity contribution in [3.8, 4) is 5.75 Å². The zero-order valence-corrected chi connectivity index (χ0v) is 18.7. The van der Waals surface area contributed by atoms with Crippen LogP contribution < -0.4 is 21.3 Å². The molecule has 3 aromatic rings. The third-order valence-electron chi connectivity index (χ3n) is 5.89. The monoisotopic (exact) mass is 462 g/mol. The number of benzene rings is 2. The van der Waals surface area contributed by atoms with Crippen LogP contribution in [0.15, 0.2) is 76.9 Å². The van der Waals surface area contributed by atoms with Gasteiger partial charge in [-0.05, 0) is 36.6 Å². The molecule has 2 aromatic carbocycles. The smallest absolute Gasteiger partial charge is 0.340 e. The molecular formula is C25H24N3O6-. The third-order valence-corrected chi connectivity index (χ3v) is 5.89. The van der Waals surface area contributed by atoms with Gasteiger partial charge >= 0.3 is 5.97 Å². The highest BCUT2D eigenvalue weighted by molar-refractivity contribution is 5.92. The highest BCUT2D eigenvalue weighted by atomic mass is 16.8. The molecule has 1 aliphatic heterocycles. The lowest BCUT2D eigenvalue weighted by Gasteiger charge is -2.29. The van der Waals surface area contributed by atoms with Crippen LogP contribution in [0.3, 0.4) is 0 Å². The minimum atomic E-state index is -0.889. The van der Waals surface area contributed by atoms with Crippen LogP contribution in [0.2, 0.25) is 0 Å². The first-order valence-corrected chi connectivity index (χ1v) is 10.6. The standard InChI is InChI=1S/C25H24N3O6/c1-15-14-19-21(24(29)27(15)13-12-16-6-4-3-5-7-16)20(22(23(26)34-19)25(30)33-2)17-8-10-18(11-9-17)28(31)32/h3-11,14,20,31H,12-13,26H2,1-2H3/q-1. The number of hydrogen-bond acceptors (Lipinski definition) is 8. The van der Waals surface area contributed by atoms with Crippen molar-refractivity contribution in [3.05, 3.63) is 110 Å². The van der Waals surface area contributed by atoms with Gasteiger partial charge < -0.3 is 30.2 Å². The molecule has 4 rings (SSSR count). The van der Waals surface area contributed by atoms with Crippen molar-refractivity contribution in [1.29, 1.82) is 0 Å². The summed E-state index contributed by atoms with van der Waals surface area (Å²) in [6.07, 6.45) is 0.637. The maximum Gasteiger partial charge on any atom is 0.340 e. The van der Waals surface area contributed by atoms with Crippen molar-refractivity contribution in [2.45, 2.75) is 25.8 Å². The number of anilines is 1. The van der Waals surface area contributed by atoms with Crippen molar-refractivity contribution < 1.29 is 19.5 Å². The second-order valence-electron chi connectivity index (χ2n) is 7.93. The van der Waals surface area contributed by atoms with E-state index in [-0.39, 0.29) is 39.2 Å². The van der Waals surface area contributed by atoms with E-state index in [4.69, 9.17) is 20.4 Å². The van der Waals surface area contributed by atoms with Crippen LogP contribution in [0.4, 0.5) is 5.69 Å². The molecule has 0 bridgehead atoms. The summed E-state index contributed by atoms with van der Waals surface area (Å²) in [5.74, 6) is -1.53. The van der Waals surface area contributed by atoms with Crippen LogP contribution >= 0.6 is 0 Å². The summed E-state index contributed by atoms with van der Waals surface area (Å²) in [5.41, 5.74) is 8.28. The summed E-state index contributed by atoms with van der Waals surface area (Å²) >= 11 is 0. The van der Waals surface area contributed by atoms with E-state index in [0.717, 1.165) is 5.56 Å². The lowest BCUT2D eigenvalue weighted by Crippen LogP contribution is -2.35. The molecule has 1 atom stereocenters. The van der Waals surface area contributed by atoms with Gasteiger partial charge in [0.15, 0.2) is 0 Å². The van der Waals surface area contributed by atoms with Crippen LogP contribution in [0, 0.1) is 12.1 Å². The number of ether oxygens (including phenoxy) is 2. The van der Waals surface area contributed by atoms with E-state index in [2.05, 4.69) is 0 Å². The lowest BCUT2D eigenvalue weighted by molar-refractivity contribution is -0.136. The average molecular weight is 462 g/mol. The van der Waals surface area contributed by atoms with Gasteiger partial charge in [-0.25, -0.2) is 4.79 Å². The topological polar surface area (TPSA) is 130 Å². The van der Waals surface area contributed by atoms with Gasteiger partial charge in [-0.2, -0.15) is 0 Å². The number of nitrogens with two attached hydrogens (primary N) is 1. The number of carbonyl (C=O) groups excluding carboxylic acids is 1. The number of pyridine rings is 1. The second kappa shape index (κ2) is 9.42. The Labute approximate surface area is 195 Å². The predicted molar refractivity (Wildman–Crippen MR) is 125 cm³/mol. The Hall–Kier alpha value is -4.08. The molecule has 0 saturated carbocycles. The molecule has 1 aromatic heterocycles. The molecule has 0 aliphatic carbocycles. The fourth-order valence-corrected chi connectivity index (χ4v) is 4.19. The molecule has 0 amide bonds. The number of aromatic nitrogens is 1. The molecule has 34 heavy (non-hydrogen) atoms. The normalized spacial score (nSPS) is 14.9. The molecule has 1 aliphatic rings. The molecule has 0 fully saturated rings. The maximum atomic E-state index is 13.7. The molecule has 0 spiro atoms. The van der Waals surface area contributed by atoms with E-state index in [1.165, 1.54) is 19.2 Å². The molecule has 2 heterocycles. The SMILES string of the molecule is COC(=O)C1=C(N)Oc2cc(C)n(CCc3ccccc3)c(=O)c2C1c1ccc(N([O-])O)cc1. The molecule has 9 nitrogen and oxygen atoms in total. The Morgan fingerprint density at radius 3 is 2.50 bits per heavy atom. The van der Waals surface area contributed by atoms with Gasteiger partial charge in [-0.3, -0.25) is 10.0 Å². The highest BCUT2D eigenvalue weighted by Gasteiger charge is 2.38. The quantitative estimate of drug-likeness (QED) is 0.422. The Morgan fingerprint density at radius 1 is 1.21 bits per heavy atom. The first-order valence-electron chi connectivity index (χ1n) is 10.6. The average Bonchev–Trinajstić information content (AvgIpc) is 2.83. The number of rotatable bonds is 6. The zero-order valence-electron chi connectivity index (χ0n) is 18.7. The second-order valence-corrected chi connectivity index (χ2v) is 7.93. The van der Waals surface area contributed by atoms with Crippen molar-refractivity contribution in [1.82, 2.24) is 4.57 Å². The van der Waals surface area contributed by atoms with Gasteiger partial charge in [0.1, 0.15) is 11.3 Å². The Kier molecular flexibility index (Phi) is 6.40. The van der Waals surface area contributed by atoms with Gasteiger partial charge in [-0.1, -0.05) is 42.5 Å². The fourth-order valence-electron chi connectivity index (χ4n) is 4.19. The molecule has 1 unspecified atom stereocenters. The molecular weight excluding hydrogens is 438 g/mol. The van der Waals surface area contributed by atoms with Crippen LogP contribution in [-0.2, 0) is 22.5 Å². The number of fused-ring (bicyclic) bond motifs is 1. The van der Waals surface area contributed by atoms with Gasteiger partial charge in [0.05, 0.1) is 24.3 Å². The predicted octanol–water partition coefficient (Wildman–Crippen LogP) is 2.96. The van der Waals surface area contributed by atoms with Gasteiger partial charge in [0, 0.05) is 18.3 Å². The van der Waals surface area contributed by atoms with E-state index in [1.807, 2.05) is 30.3 Å². The van der Waals surface area contributed by atoms with Gasteiger partial charge in [0.25, 0.3) is 5.56 Å². The van der Waals surface area contributed by atoms with Crippen LogP contribution in [0.25, 0.3) is 0 Å². The van der Waals surface area contributed by atoms with E-state index >= 15 is 0 Å². The minimum absolute atomic E-state index is 0.00298. The van der Waals surface area contributed by atoms with E-state index in [0.29, 0.717) is 24.2 Å². The highest BCUT2D eigenvalue weighted by Crippen LogP contribution is 2.41. The number of nitrogens with zero attached hydrogens (tertiary/aromatic N) is 2. The molecule has 0 saturated heterocycles. The van der Waals surface area contributed by atoms with Gasteiger partial charge in [-0.15, -0.1) is 0 Å². The Balaban J connectivity index is 1.85. The van der Waals surface area contributed by atoms with Crippen LogP contribution in [0.5, 0.6) is 5.75 Å². The Morgan fingerprint density at radius 2 is 1.88 bits per heavy atom. The molecule has 9 heteroatoms. The first-order chi connectivity index (χ1) is 16.3. The number of carbonyl (C=O) groups is 1. The van der Waals surface area contributed by atoms with E-state index in [9.17, 15) is 14.8 Å². The van der Waals surface area contributed by atoms with Crippen LogP contribution in [-0.4, -0.2) is 22.9 Å². The number of methoxy groups -OCH3 is 1. The fraction of sp³-hybridized carbons (Fsp3) is 0.200. The number of hydrogen-bond donors (Lipinski definition) is 2. The van der Waals surface area contributed by atoms with Crippen molar-refractivity contribution in [2.75, 3.05) is 12.3 Å². The Bertz CT molecular complexity index is 1300. The summed E-state index contributed by atoms with van der Waals surface area (Å²) in [6.45, 7) is 2.23. The van der Waals surface area contributed by atoms with E-state index < -0.39 is 11.9 Å². The molecule has 0 radical (unpaired) electrons. The summed E-state index contributed by atoms with van der Waals surface area (Å²) < 4.78 is 12.3. The zero-order chi connectivity index (χ0) is 24.4. The summed E-state index contributed by atoms with van der Waals surface area (Å²) in [6, 6.07) is 17.4. The molecule has 176 valence electrons. The van der Waals surface area contributed by atoms with Crippen molar-refractivity contribution >= 4 is 11.7 Å². The first kappa shape index (κ1) is 23.1. The summed E-state index contributed by atoms with van der Waals surface area (Å²) in [7, 11) is 1.21. The molecule has 3 N–H and O–H groups in total. The largest absolute Gasteiger partial charge is 0.733 e.